The lowest BCUT2D eigenvalue weighted by Crippen LogP contribution is -2.29. The molecule has 0 bridgehead atoms. The second-order valence-electron chi connectivity index (χ2n) is 7.03. The molecule has 2 N–H and O–H groups in total. The lowest BCUT2D eigenvalue weighted by Gasteiger charge is -2.22. The van der Waals surface area contributed by atoms with Crippen LogP contribution in [0.2, 0.25) is 0 Å². The van der Waals surface area contributed by atoms with Gasteiger partial charge in [0.15, 0.2) is 5.69 Å². The molecular formula is C18H21ClN6OS. The minimum Gasteiger partial charge on any atom is -0.320 e. The molecule has 9 heteroatoms. The molecule has 3 aromatic rings. The Morgan fingerprint density at radius 1 is 1.22 bits per heavy atom. The molecule has 1 aliphatic heterocycles. The van der Waals surface area contributed by atoms with Crippen molar-refractivity contribution in [2.45, 2.75) is 37.6 Å². The molecule has 3 heterocycles. The van der Waals surface area contributed by atoms with Gasteiger partial charge >= 0.3 is 0 Å². The van der Waals surface area contributed by atoms with Gasteiger partial charge < -0.3 is 10.6 Å². The number of anilines is 1. The van der Waals surface area contributed by atoms with Crippen molar-refractivity contribution in [3.8, 4) is 0 Å². The van der Waals surface area contributed by atoms with Crippen molar-refractivity contribution in [2.24, 2.45) is 0 Å². The zero-order valence-corrected chi connectivity index (χ0v) is 16.4. The van der Waals surface area contributed by atoms with Crippen LogP contribution in [-0.2, 0) is 0 Å². The van der Waals surface area contributed by atoms with Crippen LogP contribution in [0.15, 0.2) is 24.4 Å². The smallest absolute Gasteiger partial charge is 0.277 e. The van der Waals surface area contributed by atoms with Crippen LogP contribution < -0.4 is 10.6 Å². The first-order chi connectivity index (χ1) is 12.8. The van der Waals surface area contributed by atoms with Gasteiger partial charge in [-0.05, 0) is 57.0 Å². The van der Waals surface area contributed by atoms with Crippen LogP contribution in [0.25, 0.3) is 10.2 Å². The van der Waals surface area contributed by atoms with Gasteiger partial charge in [-0.2, -0.15) is 0 Å². The van der Waals surface area contributed by atoms with Crippen LogP contribution in [0.1, 0.15) is 53.1 Å². The summed E-state index contributed by atoms with van der Waals surface area (Å²) in [5, 5.41) is 15.7. The average Bonchev–Trinajstić information content (AvgIpc) is 3.24. The van der Waals surface area contributed by atoms with E-state index in [1.165, 1.54) is 17.8 Å². The zero-order chi connectivity index (χ0) is 17.5. The highest BCUT2D eigenvalue weighted by atomic mass is 35.5. The Morgan fingerprint density at radius 2 is 2.04 bits per heavy atom. The number of thiazole rings is 1. The lowest BCUT2D eigenvalue weighted by molar-refractivity contribution is 0.102. The van der Waals surface area contributed by atoms with Crippen molar-refractivity contribution < 1.29 is 4.79 Å². The number of carbonyl (C=O) groups is 1. The van der Waals surface area contributed by atoms with Crippen LogP contribution in [0.4, 0.5) is 5.69 Å². The van der Waals surface area contributed by atoms with Crippen molar-refractivity contribution in [3.63, 3.8) is 0 Å². The highest BCUT2D eigenvalue weighted by molar-refractivity contribution is 7.18. The lowest BCUT2D eigenvalue weighted by atomic mass is 10.1. The fourth-order valence-electron chi connectivity index (χ4n) is 3.35. The molecule has 1 saturated heterocycles. The third kappa shape index (κ3) is 3.83. The summed E-state index contributed by atoms with van der Waals surface area (Å²) in [4.78, 5) is 17.2. The number of halogens is 1. The number of hydrogen-bond acceptors (Lipinski definition) is 6. The number of benzene rings is 1. The van der Waals surface area contributed by atoms with Crippen molar-refractivity contribution >= 4 is 45.6 Å². The van der Waals surface area contributed by atoms with Gasteiger partial charge in [-0.25, -0.2) is 9.67 Å². The fraction of sp³-hybridized carbons (Fsp3) is 0.444. The quantitative estimate of drug-likeness (QED) is 0.696. The zero-order valence-electron chi connectivity index (χ0n) is 14.7. The molecule has 2 aromatic heterocycles. The van der Waals surface area contributed by atoms with Gasteiger partial charge in [0.25, 0.3) is 5.91 Å². The van der Waals surface area contributed by atoms with Gasteiger partial charge in [0.1, 0.15) is 0 Å². The Kier molecular flexibility index (Phi) is 5.12. The highest BCUT2D eigenvalue weighted by Crippen LogP contribution is 2.43. The third-order valence-corrected chi connectivity index (χ3v) is 6.20. The van der Waals surface area contributed by atoms with Crippen molar-refractivity contribution in [1.82, 2.24) is 25.3 Å². The molecule has 0 spiro atoms. The molecule has 142 valence electrons. The molecule has 0 unspecified atom stereocenters. The molecule has 7 nitrogen and oxygen atoms in total. The number of carbonyl (C=O) groups excluding carboxylic acids is 1. The molecular weight excluding hydrogens is 384 g/mol. The molecule has 1 aliphatic carbocycles. The van der Waals surface area contributed by atoms with Gasteiger partial charge in [-0.1, -0.05) is 5.21 Å². The first kappa shape index (κ1) is 18.3. The summed E-state index contributed by atoms with van der Waals surface area (Å²) in [6.45, 7) is 1.95. The maximum atomic E-state index is 12.5. The number of amides is 1. The van der Waals surface area contributed by atoms with Gasteiger partial charge in [0.05, 0.1) is 27.5 Å². The van der Waals surface area contributed by atoms with E-state index < -0.39 is 0 Å². The van der Waals surface area contributed by atoms with E-state index in [0.717, 1.165) is 41.8 Å². The number of hydrogen-bond donors (Lipinski definition) is 2. The van der Waals surface area contributed by atoms with Crippen LogP contribution in [-0.4, -0.2) is 39.0 Å². The van der Waals surface area contributed by atoms with E-state index >= 15 is 0 Å². The second-order valence-corrected chi connectivity index (χ2v) is 8.09. The number of fused-ring (bicyclic) bond motifs is 1. The summed E-state index contributed by atoms with van der Waals surface area (Å²) in [5.41, 5.74) is 2.13. The Hall–Kier alpha value is -2.03. The van der Waals surface area contributed by atoms with Gasteiger partial charge in [-0.3, -0.25) is 4.79 Å². The van der Waals surface area contributed by atoms with Crippen LogP contribution in [0, 0.1) is 0 Å². The fourth-order valence-corrected chi connectivity index (χ4v) is 4.53. The monoisotopic (exact) mass is 404 g/mol. The minimum absolute atomic E-state index is 0. The number of nitrogens with one attached hydrogen (secondary N) is 2. The van der Waals surface area contributed by atoms with Gasteiger partial charge in [0, 0.05) is 11.6 Å². The SMILES string of the molecule is Cl.O=C(Nc1ccc2nc(C3CC3)sc2c1)c1cn(C2CCNCC2)nn1. The standard InChI is InChI=1S/C18H20N6OS.ClH/c25-17(15-10-24(23-22-15)13-5-7-19-8-6-13)20-12-3-4-14-16(9-12)26-18(21-14)11-1-2-11;/h3-4,9-11,13,19H,1-2,5-8H2,(H,20,25);1H. The Balaban J connectivity index is 0.00000180. The summed E-state index contributed by atoms with van der Waals surface area (Å²) in [5.74, 6) is 0.423. The summed E-state index contributed by atoms with van der Waals surface area (Å²) in [7, 11) is 0. The topological polar surface area (TPSA) is 84.7 Å². The Labute approximate surface area is 167 Å². The van der Waals surface area contributed by atoms with E-state index in [4.69, 9.17) is 0 Å². The van der Waals surface area contributed by atoms with E-state index in [2.05, 4.69) is 25.9 Å². The molecule has 0 atom stereocenters. The summed E-state index contributed by atoms with van der Waals surface area (Å²) >= 11 is 1.73. The predicted octanol–water partition coefficient (Wildman–Crippen LogP) is 3.36. The first-order valence-electron chi connectivity index (χ1n) is 9.11. The summed E-state index contributed by atoms with van der Waals surface area (Å²) in [6.07, 6.45) is 6.26. The molecule has 2 aliphatic rings. The van der Waals surface area contributed by atoms with E-state index in [1.807, 2.05) is 22.9 Å². The van der Waals surface area contributed by atoms with Crippen LogP contribution >= 0.6 is 23.7 Å². The molecule has 0 radical (unpaired) electrons. The van der Waals surface area contributed by atoms with Crippen molar-refractivity contribution in [2.75, 3.05) is 18.4 Å². The van der Waals surface area contributed by atoms with E-state index in [-0.39, 0.29) is 18.3 Å². The number of aromatic nitrogens is 4. The van der Waals surface area contributed by atoms with Crippen molar-refractivity contribution in [1.29, 1.82) is 0 Å². The number of rotatable bonds is 4. The van der Waals surface area contributed by atoms with E-state index in [0.29, 0.717) is 17.7 Å². The molecule has 5 rings (SSSR count). The molecule has 2 fully saturated rings. The number of piperidine rings is 1. The summed E-state index contributed by atoms with van der Waals surface area (Å²) < 4.78 is 2.94. The average molecular weight is 405 g/mol. The van der Waals surface area contributed by atoms with E-state index in [1.54, 1.807) is 17.5 Å². The molecule has 27 heavy (non-hydrogen) atoms. The van der Waals surface area contributed by atoms with Crippen LogP contribution in [0.5, 0.6) is 0 Å². The molecule has 1 aromatic carbocycles. The highest BCUT2D eigenvalue weighted by Gasteiger charge is 2.27. The van der Waals surface area contributed by atoms with Gasteiger partial charge in [-0.15, -0.1) is 28.8 Å². The van der Waals surface area contributed by atoms with Crippen molar-refractivity contribution in [3.05, 3.63) is 35.1 Å². The van der Waals surface area contributed by atoms with Crippen LogP contribution in [0.3, 0.4) is 0 Å². The second kappa shape index (κ2) is 7.53. The minimum atomic E-state index is -0.225. The Bertz CT molecular complexity index is 960. The Morgan fingerprint density at radius 3 is 2.81 bits per heavy atom. The number of nitrogens with zero attached hydrogens (tertiary/aromatic N) is 4. The maximum absolute atomic E-state index is 12.5. The maximum Gasteiger partial charge on any atom is 0.277 e. The molecule has 1 saturated carbocycles. The summed E-state index contributed by atoms with van der Waals surface area (Å²) in [6, 6.07) is 6.18. The largest absolute Gasteiger partial charge is 0.320 e. The first-order valence-corrected chi connectivity index (χ1v) is 9.92. The third-order valence-electron chi connectivity index (χ3n) is 5.02. The predicted molar refractivity (Wildman–Crippen MR) is 108 cm³/mol. The normalized spacial score (nSPS) is 17.6. The van der Waals surface area contributed by atoms with Gasteiger partial charge in [0.2, 0.25) is 0 Å². The van der Waals surface area contributed by atoms with E-state index in [9.17, 15) is 4.79 Å². The molecule has 1 amide bonds.